The van der Waals surface area contributed by atoms with Crippen molar-refractivity contribution in [3.05, 3.63) is 95.7 Å². The number of nitrogens with one attached hydrogen (secondary N) is 2. The number of nitrogens with zero attached hydrogens (tertiary/aromatic N) is 1. The van der Waals surface area contributed by atoms with Gasteiger partial charge in [-0.05, 0) is 43.2 Å². The van der Waals surface area contributed by atoms with E-state index in [2.05, 4.69) is 10.6 Å². The number of carbonyl (C=O) groups is 2. The van der Waals surface area contributed by atoms with E-state index in [0.717, 1.165) is 29.8 Å². The van der Waals surface area contributed by atoms with Gasteiger partial charge in [-0.15, -0.1) is 0 Å². The second-order valence-electron chi connectivity index (χ2n) is 8.12. The third-order valence-corrected chi connectivity index (χ3v) is 6.11. The van der Waals surface area contributed by atoms with Gasteiger partial charge in [0.05, 0.1) is 24.5 Å². The van der Waals surface area contributed by atoms with Crippen molar-refractivity contribution in [1.82, 2.24) is 0 Å². The summed E-state index contributed by atoms with van der Waals surface area (Å²) in [6.07, 6.45) is 1.98. The Hall–Kier alpha value is -4.06. The summed E-state index contributed by atoms with van der Waals surface area (Å²) >= 11 is 0. The third kappa shape index (κ3) is 3.84. The van der Waals surface area contributed by atoms with Gasteiger partial charge in [-0.3, -0.25) is 9.69 Å². The average molecular weight is 440 g/mol. The number of methoxy groups -OCH3 is 1. The highest BCUT2D eigenvalue weighted by Crippen LogP contribution is 2.46. The van der Waals surface area contributed by atoms with Crippen LogP contribution in [0.5, 0.6) is 5.75 Å². The first-order chi connectivity index (χ1) is 16.2. The molecule has 1 heterocycles. The minimum absolute atomic E-state index is 0.0463. The predicted molar refractivity (Wildman–Crippen MR) is 130 cm³/mol. The number of ketones is 1. The lowest BCUT2D eigenvalue weighted by Crippen LogP contribution is -2.40. The lowest BCUT2D eigenvalue weighted by Gasteiger charge is -2.34. The zero-order valence-electron chi connectivity index (χ0n) is 18.4. The van der Waals surface area contributed by atoms with Crippen LogP contribution in [0.2, 0.25) is 0 Å². The maximum atomic E-state index is 13.9. The Morgan fingerprint density at radius 2 is 1.70 bits per heavy atom. The van der Waals surface area contributed by atoms with E-state index in [1.54, 1.807) is 12.0 Å². The molecular formula is C27H25N3O3. The monoisotopic (exact) mass is 439 g/mol. The Bertz CT molecular complexity index is 1240. The molecule has 0 unspecified atom stereocenters. The first kappa shape index (κ1) is 20.8. The Morgan fingerprint density at radius 1 is 0.970 bits per heavy atom. The van der Waals surface area contributed by atoms with Crippen molar-refractivity contribution in [2.75, 3.05) is 22.6 Å². The fraction of sp³-hybridized carbons (Fsp3) is 0.185. The quantitative estimate of drug-likeness (QED) is 0.532. The van der Waals surface area contributed by atoms with Crippen LogP contribution in [-0.4, -0.2) is 18.9 Å². The number of Topliss-reactive ketones (excluding diaryl/α,β-unsaturated/α-hetero) is 1. The van der Waals surface area contributed by atoms with Crippen molar-refractivity contribution in [3.8, 4) is 5.75 Å². The standard InChI is InChI=1S/C27H25N3O3/c1-33-24-17-8-5-12-19(24)26-25-21(14-9-16-23(25)31)29-20-13-6-7-15-22(20)30(26)27(32)28-18-10-3-2-4-11-18/h2-8,10-13,15,17,26,29H,9,14,16H2,1H3,(H,28,32)/t26-/m0/s1. The first-order valence-corrected chi connectivity index (χ1v) is 11.1. The molecule has 0 radical (unpaired) electrons. The summed E-state index contributed by atoms with van der Waals surface area (Å²) < 4.78 is 5.68. The SMILES string of the molecule is COc1ccccc1[C@H]1C2=C(CCCC2=O)Nc2ccccc2N1C(=O)Nc1ccccc1. The van der Waals surface area contributed by atoms with Gasteiger partial charge in [-0.2, -0.15) is 0 Å². The van der Waals surface area contributed by atoms with Crippen LogP contribution in [0.4, 0.5) is 21.9 Å². The van der Waals surface area contributed by atoms with Gasteiger partial charge in [0.1, 0.15) is 5.75 Å². The van der Waals surface area contributed by atoms with Gasteiger partial charge < -0.3 is 15.4 Å². The molecule has 0 fully saturated rings. The lowest BCUT2D eigenvalue weighted by molar-refractivity contribution is -0.116. The molecular weight excluding hydrogens is 414 g/mol. The number of urea groups is 1. The molecule has 0 aromatic heterocycles. The molecule has 1 aliphatic carbocycles. The summed E-state index contributed by atoms with van der Waals surface area (Å²) in [4.78, 5) is 28.9. The highest BCUT2D eigenvalue weighted by atomic mass is 16.5. The molecule has 6 nitrogen and oxygen atoms in total. The number of hydrogen-bond acceptors (Lipinski definition) is 4. The molecule has 33 heavy (non-hydrogen) atoms. The van der Waals surface area contributed by atoms with Gasteiger partial charge in [0, 0.05) is 28.9 Å². The fourth-order valence-corrected chi connectivity index (χ4v) is 4.65. The zero-order valence-corrected chi connectivity index (χ0v) is 18.4. The molecule has 0 spiro atoms. The number of carbonyl (C=O) groups excluding carboxylic acids is 2. The van der Waals surface area contributed by atoms with E-state index < -0.39 is 6.04 Å². The van der Waals surface area contributed by atoms with E-state index in [1.165, 1.54) is 0 Å². The molecule has 1 atom stereocenters. The van der Waals surface area contributed by atoms with E-state index in [-0.39, 0.29) is 11.8 Å². The maximum absolute atomic E-state index is 13.9. The van der Waals surface area contributed by atoms with Crippen LogP contribution in [0.3, 0.4) is 0 Å². The molecule has 3 aromatic carbocycles. The topological polar surface area (TPSA) is 70.7 Å². The number of hydrogen-bond donors (Lipinski definition) is 2. The highest BCUT2D eigenvalue weighted by molar-refractivity contribution is 6.09. The van der Waals surface area contributed by atoms with Gasteiger partial charge in [0.25, 0.3) is 0 Å². The number of benzene rings is 3. The molecule has 0 saturated heterocycles. The van der Waals surface area contributed by atoms with Gasteiger partial charge in [0.15, 0.2) is 5.78 Å². The van der Waals surface area contributed by atoms with E-state index in [0.29, 0.717) is 29.1 Å². The van der Waals surface area contributed by atoms with E-state index in [1.807, 2.05) is 78.9 Å². The summed E-state index contributed by atoms with van der Waals surface area (Å²) in [6, 6.07) is 23.6. The fourth-order valence-electron chi connectivity index (χ4n) is 4.65. The Morgan fingerprint density at radius 3 is 2.52 bits per heavy atom. The van der Waals surface area contributed by atoms with E-state index >= 15 is 0 Å². The van der Waals surface area contributed by atoms with Crippen molar-refractivity contribution in [3.63, 3.8) is 0 Å². The minimum Gasteiger partial charge on any atom is -0.496 e. The number of fused-ring (bicyclic) bond motifs is 1. The summed E-state index contributed by atoms with van der Waals surface area (Å²) in [5, 5.41) is 6.49. The number of amides is 2. The number of allylic oxidation sites excluding steroid dienone is 1. The molecule has 2 N–H and O–H groups in total. The van der Waals surface area contributed by atoms with Crippen molar-refractivity contribution in [2.24, 2.45) is 0 Å². The van der Waals surface area contributed by atoms with Crippen molar-refractivity contribution in [2.45, 2.75) is 25.3 Å². The van der Waals surface area contributed by atoms with Gasteiger partial charge >= 0.3 is 6.03 Å². The minimum atomic E-state index is -0.635. The highest BCUT2D eigenvalue weighted by Gasteiger charge is 2.40. The lowest BCUT2D eigenvalue weighted by atomic mass is 9.85. The number of ether oxygens (including phenoxy) is 1. The van der Waals surface area contributed by atoms with Crippen molar-refractivity contribution >= 4 is 28.9 Å². The van der Waals surface area contributed by atoms with Crippen molar-refractivity contribution in [1.29, 1.82) is 0 Å². The molecule has 166 valence electrons. The largest absolute Gasteiger partial charge is 0.496 e. The van der Waals surface area contributed by atoms with Gasteiger partial charge in [-0.25, -0.2) is 4.79 Å². The zero-order chi connectivity index (χ0) is 22.8. The van der Waals surface area contributed by atoms with Crippen molar-refractivity contribution < 1.29 is 14.3 Å². The third-order valence-electron chi connectivity index (χ3n) is 6.11. The Balaban J connectivity index is 1.74. The van der Waals surface area contributed by atoms with Crippen LogP contribution >= 0.6 is 0 Å². The Kier molecular flexibility index (Phi) is 5.57. The second-order valence-corrected chi connectivity index (χ2v) is 8.12. The van der Waals surface area contributed by atoms with Gasteiger partial charge in [-0.1, -0.05) is 48.5 Å². The summed E-state index contributed by atoms with van der Waals surface area (Å²) in [5.74, 6) is 0.676. The molecule has 2 aliphatic rings. The maximum Gasteiger partial charge on any atom is 0.327 e. The van der Waals surface area contributed by atoms with Crippen LogP contribution in [-0.2, 0) is 4.79 Å². The number of rotatable bonds is 3. The molecule has 6 heteroatoms. The van der Waals surface area contributed by atoms with Crippen LogP contribution in [0.1, 0.15) is 30.9 Å². The molecule has 0 bridgehead atoms. The molecule has 1 aliphatic heterocycles. The molecule has 3 aromatic rings. The normalized spacial score (nSPS) is 17.4. The smallest absolute Gasteiger partial charge is 0.327 e. The van der Waals surface area contributed by atoms with Crippen LogP contribution < -0.4 is 20.3 Å². The van der Waals surface area contributed by atoms with Crippen LogP contribution in [0, 0.1) is 0 Å². The van der Waals surface area contributed by atoms with E-state index in [9.17, 15) is 9.59 Å². The second kappa shape index (κ2) is 8.82. The molecule has 0 saturated carbocycles. The van der Waals surface area contributed by atoms with Gasteiger partial charge in [0.2, 0.25) is 0 Å². The molecule has 2 amide bonds. The summed E-state index contributed by atoms with van der Waals surface area (Å²) in [7, 11) is 1.61. The average Bonchev–Trinajstić information content (AvgIpc) is 2.99. The molecule has 5 rings (SSSR count). The summed E-state index contributed by atoms with van der Waals surface area (Å²) in [6.45, 7) is 0. The van der Waals surface area contributed by atoms with Crippen LogP contribution in [0.25, 0.3) is 0 Å². The van der Waals surface area contributed by atoms with E-state index in [4.69, 9.17) is 4.74 Å². The Labute approximate surface area is 192 Å². The number of anilines is 3. The number of para-hydroxylation sites is 4. The summed E-state index contributed by atoms with van der Waals surface area (Å²) in [5.41, 5.74) is 4.42. The first-order valence-electron chi connectivity index (χ1n) is 11.1. The predicted octanol–water partition coefficient (Wildman–Crippen LogP) is 5.91. The van der Waals surface area contributed by atoms with Crippen LogP contribution in [0.15, 0.2) is 90.1 Å².